The zero-order valence-corrected chi connectivity index (χ0v) is 32.9. The average molecular weight is 862 g/mol. The molecule has 0 aliphatic carbocycles. The molecule has 1 aromatic heterocycles. The van der Waals surface area contributed by atoms with Crippen LogP contribution in [0.5, 0.6) is 5.75 Å². The highest BCUT2D eigenvalue weighted by molar-refractivity contribution is 6.23. The average Bonchev–Trinajstić information content (AvgIpc) is 3.72. The number of alkyl halides is 3. The number of nitrogens with zero attached hydrogens (tertiary/aromatic N) is 3. The number of hydrogen-bond donors (Lipinski definition) is 2. The van der Waals surface area contributed by atoms with Crippen molar-refractivity contribution in [3.05, 3.63) is 119 Å². The molecule has 1 unspecified atom stereocenters. The van der Waals surface area contributed by atoms with Gasteiger partial charge in [-0.05, 0) is 72.6 Å². The highest BCUT2D eigenvalue weighted by Gasteiger charge is 2.44. The molecule has 0 spiro atoms. The van der Waals surface area contributed by atoms with Gasteiger partial charge in [-0.1, -0.05) is 18.2 Å². The molecular formula is C43H39F4N5O10. The number of benzene rings is 4. The van der Waals surface area contributed by atoms with Crippen molar-refractivity contribution in [1.29, 1.82) is 0 Å². The van der Waals surface area contributed by atoms with Crippen molar-refractivity contribution in [2.75, 3.05) is 58.2 Å². The molecule has 0 radical (unpaired) electrons. The van der Waals surface area contributed by atoms with Gasteiger partial charge in [0.15, 0.2) is 0 Å². The number of amides is 5. The van der Waals surface area contributed by atoms with E-state index in [1.165, 1.54) is 36.4 Å². The number of halogens is 4. The number of imidazole rings is 1. The predicted molar refractivity (Wildman–Crippen MR) is 211 cm³/mol. The molecule has 5 aromatic rings. The monoisotopic (exact) mass is 861 g/mol. The van der Waals surface area contributed by atoms with Gasteiger partial charge in [0.1, 0.15) is 24.2 Å². The third-order valence-corrected chi connectivity index (χ3v) is 9.78. The van der Waals surface area contributed by atoms with Crippen LogP contribution >= 0.6 is 0 Å². The molecule has 4 aromatic carbocycles. The zero-order valence-electron chi connectivity index (χ0n) is 32.9. The fourth-order valence-electron chi connectivity index (χ4n) is 6.76. The number of ether oxygens (including phenoxy) is 5. The van der Waals surface area contributed by atoms with Crippen LogP contribution in [-0.2, 0) is 41.3 Å². The van der Waals surface area contributed by atoms with Gasteiger partial charge in [-0.2, -0.15) is 13.2 Å². The molecule has 1 atom stereocenters. The number of aromatic nitrogens is 2. The first kappa shape index (κ1) is 43.5. The maximum atomic E-state index is 14.1. The predicted octanol–water partition coefficient (Wildman–Crippen LogP) is 5.48. The summed E-state index contributed by atoms with van der Waals surface area (Å²) < 4.78 is 83.4. The SMILES string of the molecule is O=C1CCC(N2C(=O)c3ccc(OCCOCCOCCOCCOCc4ccc(-n5c(NC(=O)c6cccc(C(F)(F)F)c6)nc6cc(F)ccc65)cc4)cc3C2=O)C(=O)N1. The second-order valence-electron chi connectivity index (χ2n) is 14.0. The number of imide groups is 2. The third-order valence-electron chi connectivity index (χ3n) is 9.78. The Morgan fingerprint density at radius 1 is 0.774 bits per heavy atom. The number of piperidine rings is 1. The Morgan fingerprint density at radius 2 is 1.45 bits per heavy atom. The molecule has 62 heavy (non-hydrogen) atoms. The Kier molecular flexibility index (Phi) is 13.7. The van der Waals surface area contributed by atoms with E-state index in [9.17, 15) is 41.5 Å². The molecule has 2 aliphatic rings. The number of hydrogen-bond acceptors (Lipinski definition) is 11. The number of carbonyl (C=O) groups excluding carboxylic acids is 5. The zero-order chi connectivity index (χ0) is 43.8. The van der Waals surface area contributed by atoms with Gasteiger partial charge >= 0.3 is 6.18 Å². The van der Waals surface area contributed by atoms with E-state index >= 15 is 0 Å². The van der Waals surface area contributed by atoms with E-state index in [-0.39, 0.29) is 60.8 Å². The van der Waals surface area contributed by atoms with Crippen molar-refractivity contribution in [1.82, 2.24) is 19.8 Å². The topological polar surface area (TPSA) is 177 Å². The first-order chi connectivity index (χ1) is 29.9. The third kappa shape index (κ3) is 10.3. The summed E-state index contributed by atoms with van der Waals surface area (Å²) in [7, 11) is 0. The lowest BCUT2D eigenvalue weighted by atomic mass is 10.0. The van der Waals surface area contributed by atoms with Crippen LogP contribution in [0.25, 0.3) is 16.7 Å². The number of rotatable bonds is 19. The summed E-state index contributed by atoms with van der Waals surface area (Å²) in [6.07, 6.45) is -4.52. The quantitative estimate of drug-likeness (QED) is 0.0611. The molecule has 2 aliphatic heterocycles. The second-order valence-corrected chi connectivity index (χ2v) is 14.0. The summed E-state index contributed by atoms with van der Waals surface area (Å²) in [5.74, 6) is -3.35. The normalized spacial score (nSPS) is 15.3. The molecular weight excluding hydrogens is 822 g/mol. The molecule has 3 heterocycles. The molecule has 1 fully saturated rings. The maximum Gasteiger partial charge on any atom is 0.416 e. The van der Waals surface area contributed by atoms with Crippen molar-refractivity contribution >= 4 is 46.5 Å². The van der Waals surface area contributed by atoms with Crippen molar-refractivity contribution < 1.29 is 65.2 Å². The molecule has 5 amide bonds. The van der Waals surface area contributed by atoms with Crippen molar-refractivity contribution in [3.63, 3.8) is 0 Å². The number of nitrogens with one attached hydrogen (secondary N) is 2. The van der Waals surface area contributed by atoms with Gasteiger partial charge < -0.3 is 23.7 Å². The number of fused-ring (bicyclic) bond motifs is 2. The highest BCUT2D eigenvalue weighted by atomic mass is 19.4. The Balaban J connectivity index is 0.768. The van der Waals surface area contributed by atoms with E-state index in [4.69, 9.17) is 23.7 Å². The van der Waals surface area contributed by atoms with Gasteiger partial charge in [-0.15, -0.1) is 0 Å². The van der Waals surface area contributed by atoms with Gasteiger partial charge in [0.25, 0.3) is 17.7 Å². The van der Waals surface area contributed by atoms with Crippen molar-refractivity contribution in [2.45, 2.75) is 31.7 Å². The minimum atomic E-state index is -4.63. The Hall–Kier alpha value is -6.54. The second kappa shape index (κ2) is 19.4. The van der Waals surface area contributed by atoms with E-state index in [2.05, 4.69) is 15.6 Å². The number of anilines is 1. The Labute approximate surface area is 350 Å². The van der Waals surface area contributed by atoms with Gasteiger partial charge in [0, 0.05) is 23.7 Å². The Morgan fingerprint density at radius 3 is 2.15 bits per heavy atom. The fourth-order valence-corrected chi connectivity index (χ4v) is 6.76. The molecule has 1 saturated heterocycles. The lowest BCUT2D eigenvalue weighted by molar-refractivity contribution is -0.138. The molecule has 19 heteroatoms. The molecule has 0 saturated carbocycles. The first-order valence-electron chi connectivity index (χ1n) is 19.4. The van der Waals surface area contributed by atoms with Crippen LogP contribution < -0.4 is 15.4 Å². The first-order valence-corrected chi connectivity index (χ1v) is 19.4. The molecule has 324 valence electrons. The maximum absolute atomic E-state index is 14.1. The fraction of sp³-hybridized carbons (Fsp3) is 0.302. The van der Waals surface area contributed by atoms with Crippen LogP contribution in [0.4, 0.5) is 23.5 Å². The van der Waals surface area contributed by atoms with E-state index in [1.807, 2.05) is 0 Å². The smallest absolute Gasteiger partial charge is 0.416 e. The van der Waals surface area contributed by atoms with Gasteiger partial charge in [-0.25, -0.2) is 9.37 Å². The van der Waals surface area contributed by atoms with Crippen LogP contribution in [0.2, 0.25) is 0 Å². The van der Waals surface area contributed by atoms with Crippen molar-refractivity contribution in [3.8, 4) is 11.4 Å². The lowest BCUT2D eigenvalue weighted by Gasteiger charge is -2.27. The molecule has 0 bridgehead atoms. The summed E-state index contributed by atoms with van der Waals surface area (Å²) in [6, 6.07) is 18.4. The summed E-state index contributed by atoms with van der Waals surface area (Å²) in [6.45, 7) is 2.58. The van der Waals surface area contributed by atoms with E-state index in [0.29, 0.717) is 56.6 Å². The van der Waals surface area contributed by atoms with Crippen LogP contribution in [-0.4, -0.2) is 103 Å². The van der Waals surface area contributed by atoms with Gasteiger partial charge in [0.05, 0.1) is 80.6 Å². The minimum Gasteiger partial charge on any atom is -0.491 e. The van der Waals surface area contributed by atoms with Crippen LogP contribution in [0.3, 0.4) is 0 Å². The minimum absolute atomic E-state index is 0.00629. The lowest BCUT2D eigenvalue weighted by Crippen LogP contribution is -2.54. The van der Waals surface area contributed by atoms with Crippen LogP contribution in [0, 0.1) is 5.82 Å². The summed E-state index contributed by atoms with van der Waals surface area (Å²) in [5, 5.41) is 4.73. The van der Waals surface area contributed by atoms with Crippen LogP contribution in [0.15, 0.2) is 84.9 Å². The summed E-state index contributed by atoms with van der Waals surface area (Å²) >= 11 is 0. The van der Waals surface area contributed by atoms with E-state index in [0.717, 1.165) is 28.7 Å². The standard InChI is InChI=1S/C43H39F4N5O10/c44-29-6-11-35-34(23-29)48-42(50-38(54)27-2-1-3-28(22-27)43(45,46)47)51(35)30-7-4-26(5-8-30)25-61-19-18-59-15-14-58-16-17-60-20-21-62-31-9-10-32-33(24-31)41(57)52(40(32)56)36-12-13-37(53)49-39(36)55/h1-11,22-24,36H,12-21,25H2,(H,48,50,54)(H,49,53,55). The van der Waals surface area contributed by atoms with Crippen molar-refractivity contribution in [2.24, 2.45) is 0 Å². The van der Waals surface area contributed by atoms with Gasteiger partial charge in [-0.3, -0.25) is 44.1 Å². The summed E-state index contributed by atoms with van der Waals surface area (Å²) in [5.41, 5.74) is 1.17. The number of carbonyl (C=O) groups is 5. The molecule has 7 rings (SSSR count). The van der Waals surface area contributed by atoms with Crippen LogP contribution in [0.1, 0.15) is 55.0 Å². The summed E-state index contributed by atoms with van der Waals surface area (Å²) in [4.78, 5) is 67.8. The highest BCUT2D eigenvalue weighted by Crippen LogP contribution is 2.32. The Bertz CT molecular complexity index is 2480. The molecule has 2 N–H and O–H groups in total. The largest absolute Gasteiger partial charge is 0.491 e. The van der Waals surface area contributed by atoms with E-state index < -0.39 is 53.1 Å². The van der Waals surface area contributed by atoms with Gasteiger partial charge in [0.2, 0.25) is 17.8 Å². The molecule has 15 nitrogen and oxygen atoms in total. The van der Waals surface area contributed by atoms with E-state index in [1.54, 1.807) is 34.9 Å².